The Labute approximate surface area is 83.8 Å². The Hall–Kier alpha value is -1.35. The molecule has 0 aliphatic heterocycles. The summed E-state index contributed by atoms with van der Waals surface area (Å²) in [5, 5.41) is 12.2. The maximum Gasteiger partial charge on any atom is 0.221 e. The normalized spacial score (nSPS) is 12.2. The lowest BCUT2D eigenvalue weighted by Gasteiger charge is -2.08. The van der Waals surface area contributed by atoms with Crippen LogP contribution in [0, 0.1) is 0 Å². The molecule has 0 aliphatic rings. The first-order chi connectivity index (χ1) is 6.63. The van der Waals surface area contributed by atoms with Gasteiger partial charge in [-0.1, -0.05) is 19.1 Å². The SMILES string of the molecule is CC[C@H](O)c1ccc(NC(C)=O)cc1. The van der Waals surface area contributed by atoms with Gasteiger partial charge in [0.05, 0.1) is 6.10 Å². The highest BCUT2D eigenvalue weighted by Crippen LogP contribution is 2.18. The van der Waals surface area contributed by atoms with Crippen LogP contribution in [-0.4, -0.2) is 11.0 Å². The highest BCUT2D eigenvalue weighted by molar-refractivity contribution is 5.88. The molecule has 3 heteroatoms. The molecule has 0 fully saturated rings. The molecule has 0 bridgehead atoms. The van der Waals surface area contributed by atoms with Crippen molar-refractivity contribution in [2.75, 3.05) is 5.32 Å². The van der Waals surface area contributed by atoms with Crippen LogP contribution >= 0.6 is 0 Å². The van der Waals surface area contributed by atoms with Crippen molar-refractivity contribution in [2.24, 2.45) is 0 Å². The zero-order valence-corrected chi connectivity index (χ0v) is 8.45. The fraction of sp³-hybridized carbons (Fsp3) is 0.364. The van der Waals surface area contributed by atoms with E-state index >= 15 is 0 Å². The van der Waals surface area contributed by atoms with Crippen LogP contribution in [0.3, 0.4) is 0 Å². The van der Waals surface area contributed by atoms with E-state index in [0.29, 0.717) is 6.42 Å². The fourth-order valence-corrected chi connectivity index (χ4v) is 1.23. The van der Waals surface area contributed by atoms with Gasteiger partial charge in [-0.25, -0.2) is 0 Å². The van der Waals surface area contributed by atoms with Gasteiger partial charge < -0.3 is 10.4 Å². The zero-order valence-electron chi connectivity index (χ0n) is 8.45. The molecule has 0 aromatic heterocycles. The van der Waals surface area contributed by atoms with E-state index in [1.807, 2.05) is 19.1 Å². The lowest BCUT2D eigenvalue weighted by atomic mass is 10.1. The molecule has 1 aromatic rings. The van der Waals surface area contributed by atoms with E-state index in [1.165, 1.54) is 6.92 Å². The largest absolute Gasteiger partial charge is 0.388 e. The summed E-state index contributed by atoms with van der Waals surface area (Å²) < 4.78 is 0. The van der Waals surface area contributed by atoms with E-state index in [4.69, 9.17) is 0 Å². The number of benzene rings is 1. The third kappa shape index (κ3) is 2.85. The predicted molar refractivity (Wildman–Crippen MR) is 56.0 cm³/mol. The van der Waals surface area contributed by atoms with Gasteiger partial charge >= 0.3 is 0 Å². The fourth-order valence-electron chi connectivity index (χ4n) is 1.23. The molecule has 1 amide bonds. The Morgan fingerprint density at radius 2 is 2.00 bits per heavy atom. The second kappa shape index (κ2) is 4.77. The molecule has 0 saturated heterocycles. The minimum atomic E-state index is -0.415. The molecular formula is C11H15NO2. The molecule has 0 radical (unpaired) electrons. The van der Waals surface area contributed by atoms with Crippen LogP contribution < -0.4 is 5.32 Å². The van der Waals surface area contributed by atoms with Gasteiger partial charge in [0.25, 0.3) is 0 Å². The number of aliphatic hydroxyl groups excluding tert-OH is 1. The molecule has 2 N–H and O–H groups in total. The highest BCUT2D eigenvalue weighted by Gasteiger charge is 2.03. The van der Waals surface area contributed by atoms with Crippen molar-refractivity contribution in [3.05, 3.63) is 29.8 Å². The van der Waals surface area contributed by atoms with Crippen LogP contribution in [0.2, 0.25) is 0 Å². The number of anilines is 1. The number of carbonyl (C=O) groups is 1. The molecule has 1 atom stereocenters. The van der Waals surface area contributed by atoms with E-state index in [1.54, 1.807) is 12.1 Å². The Kier molecular flexibility index (Phi) is 3.65. The molecule has 1 rings (SSSR count). The van der Waals surface area contributed by atoms with Crippen LogP contribution in [0.5, 0.6) is 0 Å². The van der Waals surface area contributed by atoms with Crippen molar-refractivity contribution in [3.63, 3.8) is 0 Å². The number of nitrogens with one attached hydrogen (secondary N) is 1. The van der Waals surface area contributed by atoms with E-state index < -0.39 is 6.10 Å². The number of amides is 1. The zero-order chi connectivity index (χ0) is 10.6. The van der Waals surface area contributed by atoms with Gasteiger partial charge in [-0.2, -0.15) is 0 Å². The third-order valence-electron chi connectivity index (χ3n) is 2.00. The third-order valence-corrected chi connectivity index (χ3v) is 2.00. The molecule has 0 unspecified atom stereocenters. The first-order valence-electron chi connectivity index (χ1n) is 4.69. The summed E-state index contributed by atoms with van der Waals surface area (Å²) in [4.78, 5) is 10.7. The smallest absolute Gasteiger partial charge is 0.221 e. The summed E-state index contributed by atoms with van der Waals surface area (Å²) in [5.74, 6) is -0.0891. The number of carbonyl (C=O) groups excluding carboxylic acids is 1. The van der Waals surface area contributed by atoms with Gasteiger partial charge in [0.2, 0.25) is 5.91 Å². The topological polar surface area (TPSA) is 49.3 Å². The van der Waals surface area contributed by atoms with Crippen LogP contribution in [0.25, 0.3) is 0 Å². The maximum atomic E-state index is 10.7. The highest BCUT2D eigenvalue weighted by atomic mass is 16.3. The van der Waals surface area contributed by atoms with Crippen LogP contribution in [0.15, 0.2) is 24.3 Å². The summed E-state index contributed by atoms with van der Waals surface area (Å²) >= 11 is 0. The predicted octanol–water partition coefficient (Wildman–Crippen LogP) is 2.09. The monoisotopic (exact) mass is 193 g/mol. The van der Waals surface area contributed by atoms with Gasteiger partial charge in [-0.15, -0.1) is 0 Å². The van der Waals surface area contributed by atoms with Crippen molar-refractivity contribution in [2.45, 2.75) is 26.4 Å². The first-order valence-corrected chi connectivity index (χ1v) is 4.69. The van der Waals surface area contributed by atoms with Gasteiger partial charge in [-0.3, -0.25) is 4.79 Å². The standard InChI is InChI=1S/C11H15NO2/c1-3-11(14)9-4-6-10(7-5-9)12-8(2)13/h4-7,11,14H,3H2,1-2H3,(H,12,13)/t11-/m0/s1. The lowest BCUT2D eigenvalue weighted by Crippen LogP contribution is -2.05. The molecule has 1 aromatic carbocycles. The molecule has 0 spiro atoms. The van der Waals surface area contributed by atoms with E-state index in [-0.39, 0.29) is 5.91 Å². The minimum Gasteiger partial charge on any atom is -0.388 e. The van der Waals surface area contributed by atoms with Crippen molar-refractivity contribution in [3.8, 4) is 0 Å². The average Bonchev–Trinajstić information content (AvgIpc) is 2.17. The van der Waals surface area contributed by atoms with Crippen molar-refractivity contribution >= 4 is 11.6 Å². The number of rotatable bonds is 3. The summed E-state index contributed by atoms with van der Waals surface area (Å²) in [6.07, 6.45) is 0.279. The maximum absolute atomic E-state index is 10.7. The number of hydrogen-bond acceptors (Lipinski definition) is 2. The number of hydrogen-bond donors (Lipinski definition) is 2. The van der Waals surface area contributed by atoms with Crippen LogP contribution in [0.4, 0.5) is 5.69 Å². The quantitative estimate of drug-likeness (QED) is 0.772. The van der Waals surface area contributed by atoms with Crippen LogP contribution in [0.1, 0.15) is 31.9 Å². The van der Waals surface area contributed by atoms with Gasteiger partial charge in [0, 0.05) is 12.6 Å². The Balaban J connectivity index is 2.73. The van der Waals surface area contributed by atoms with E-state index in [0.717, 1.165) is 11.3 Å². The molecule has 0 aliphatic carbocycles. The molecule has 76 valence electrons. The molecule has 3 nitrogen and oxygen atoms in total. The van der Waals surface area contributed by atoms with Crippen molar-refractivity contribution < 1.29 is 9.90 Å². The van der Waals surface area contributed by atoms with Gasteiger partial charge in [-0.05, 0) is 24.1 Å². The second-order valence-electron chi connectivity index (χ2n) is 3.23. The molecule has 0 heterocycles. The lowest BCUT2D eigenvalue weighted by molar-refractivity contribution is -0.114. The summed E-state index contributed by atoms with van der Waals surface area (Å²) in [5.41, 5.74) is 1.63. The van der Waals surface area contributed by atoms with E-state index in [9.17, 15) is 9.90 Å². The Morgan fingerprint density at radius 3 is 2.43 bits per heavy atom. The Morgan fingerprint density at radius 1 is 1.43 bits per heavy atom. The Bertz CT molecular complexity index is 306. The summed E-state index contributed by atoms with van der Waals surface area (Å²) in [6.45, 7) is 3.39. The summed E-state index contributed by atoms with van der Waals surface area (Å²) in [6, 6.07) is 7.21. The van der Waals surface area contributed by atoms with Crippen molar-refractivity contribution in [1.82, 2.24) is 0 Å². The first kappa shape index (κ1) is 10.7. The number of aliphatic hydroxyl groups is 1. The average molecular weight is 193 g/mol. The molecule has 14 heavy (non-hydrogen) atoms. The molecular weight excluding hydrogens is 178 g/mol. The minimum absolute atomic E-state index is 0.0891. The van der Waals surface area contributed by atoms with Crippen LogP contribution in [-0.2, 0) is 4.79 Å². The van der Waals surface area contributed by atoms with Crippen molar-refractivity contribution in [1.29, 1.82) is 0 Å². The van der Waals surface area contributed by atoms with E-state index in [2.05, 4.69) is 5.32 Å². The molecule has 0 saturated carbocycles. The van der Waals surface area contributed by atoms with Gasteiger partial charge in [0.1, 0.15) is 0 Å². The van der Waals surface area contributed by atoms with Gasteiger partial charge in [0.15, 0.2) is 0 Å². The second-order valence-corrected chi connectivity index (χ2v) is 3.23. The summed E-state index contributed by atoms with van der Waals surface area (Å²) in [7, 11) is 0.